The summed E-state index contributed by atoms with van der Waals surface area (Å²) in [5.41, 5.74) is 2.64. The summed E-state index contributed by atoms with van der Waals surface area (Å²) in [5.74, 6) is -0.394. The van der Waals surface area contributed by atoms with Crippen molar-refractivity contribution in [2.75, 3.05) is 13.7 Å². The number of fused-ring (bicyclic) bond motifs is 3. The van der Waals surface area contributed by atoms with Crippen molar-refractivity contribution in [3.63, 3.8) is 0 Å². The van der Waals surface area contributed by atoms with Crippen LogP contribution in [0.4, 0.5) is 0 Å². The van der Waals surface area contributed by atoms with Gasteiger partial charge >= 0.3 is 5.97 Å². The van der Waals surface area contributed by atoms with Crippen LogP contribution >= 0.6 is 0 Å². The Kier molecular flexibility index (Phi) is 3.98. The molecule has 3 rings (SSSR count). The zero-order chi connectivity index (χ0) is 16.6. The predicted molar refractivity (Wildman–Crippen MR) is 86.6 cm³/mol. The van der Waals surface area contributed by atoms with E-state index in [1.54, 1.807) is 0 Å². The highest BCUT2D eigenvalue weighted by atomic mass is 16.5. The zero-order valence-electron chi connectivity index (χ0n) is 13.7. The largest absolute Gasteiger partial charge is 0.469 e. The lowest BCUT2D eigenvalue weighted by Gasteiger charge is -2.35. The number of ketones is 1. The van der Waals surface area contributed by atoms with Gasteiger partial charge < -0.3 is 14.5 Å². The number of Topliss-reactive ketones (excluding diaryl/α,β-unsaturated/α-hetero) is 1. The Morgan fingerprint density at radius 1 is 1.39 bits per heavy atom. The van der Waals surface area contributed by atoms with Gasteiger partial charge in [-0.25, -0.2) is 0 Å². The number of para-hydroxylation sites is 1. The monoisotopic (exact) mass is 315 g/mol. The molecule has 0 saturated heterocycles. The quantitative estimate of drug-likeness (QED) is 0.880. The van der Waals surface area contributed by atoms with Crippen LogP contribution in [0, 0.1) is 0 Å². The van der Waals surface area contributed by atoms with Gasteiger partial charge in [-0.3, -0.25) is 9.59 Å². The molecule has 0 spiro atoms. The molecule has 2 heterocycles. The minimum absolute atomic E-state index is 0.0128. The lowest BCUT2D eigenvalue weighted by atomic mass is 9.85. The number of methoxy groups -OCH3 is 1. The van der Waals surface area contributed by atoms with Crippen LogP contribution in [-0.2, 0) is 26.3 Å². The second kappa shape index (κ2) is 5.81. The zero-order valence-corrected chi connectivity index (χ0v) is 13.7. The summed E-state index contributed by atoms with van der Waals surface area (Å²) < 4.78 is 10.7. The number of hydrogen-bond donors (Lipinski definition) is 1. The molecule has 0 bridgehead atoms. The Bertz CT molecular complexity index is 777. The number of ether oxygens (including phenoxy) is 2. The summed E-state index contributed by atoms with van der Waals surface area (Å²) in [6, 6.07) is 5.96. The van der Waals surface area contributed by atoms with Crippen LogP contribution in [0.3, 0.4) is 0 Å². The average Bonchev–Trinajstić information content (AvgIpc) is 2.98. The predicted octanol–water partition coefficient (Wildman–Crippen LogP) is 3.11. The molecule has 1 N–H and O–H groups in total. The third-order valence-electron chi connectivity index (χ3n) is 4.74. The first-order valence-corrected chi connectivity index (χ1v) is 7.94. The molecular weight excluding hydrogens is 294 g/mol. The van der Waals surface area contributed by atoms with E-state index >= 15 is 0 Å². The highest BCUT2D eigenvalue weighted by Crippen LogP contribution is 2.42. The molecule has 5 nitrogen and oxygen atoms in total. The number of H-pyrrole nitrogens is 1. The minimum Gasteiger partial charge on any atom is -0.469 e. The summed E-state index contributed by atoms with van der Waals surface area (Å²) in [6.07, 6.45) is 1.53. The van der Waals surface area contributed by atoms with Crippen molar-refractivity contribution in [2.45, 2.75) is 38.7 Å². The smallest absolute Gasteiger partial charge is 0.308 e. The van der Waals surface area contributed by atoms with Crippen LogP contribution in [0.5, 0.6) is 0 Å². The number of aromatic nitrogens is 1. The SMILES string of the molecule is CCc1cccc2c3c([nH]c12)C(CC)(CC(=O)OC)OCC3=O. The van der Waals surface area contributed by atoms with Crippen LogP contribution in [0.15, 0.2) is 18.2 Å². The van der Waals surface area contributed by atoms with Gasteiger partial charge in [0.05, 0.1) is 24.8 Å². The Morgan fingerprint density at radius 2 is 2.17 bits per heavy atom. The number of aryl methyl sites for hydroxylation is 1. The fraction of sp³-hybridized carbons (Fsp3) is 0.444. The van der Waals surface area contributed by atoms with Crippen molar-refractivity contribution in [3.8, 4) is 0 Å². The molecule has 23 heavy (non-hydrogen) atoms. The van der Waals surface area contributed by atoms with E-state index in [9.17, 15) is 9.59 Å². The Balaban J connectivity index is 2.26. The Hall–Kier alpha value is -2.14. The number of benzene rings is 1. The van der Waals surface area contributed by atoms with E-state index in [2.05, 4.69) is 11.9 Å². The van der Waals surface area contributed by atoms with Gasteiger partial charge in [0, 0.05) is 10.9 Å². The van der Waals surface area contributed by atoms with Crippen molar-refractivity contribution >= 4 is 22.7 Å². The molecule has 1 atom stereocenters. The van der Waals surface area contributed by atoms with Crippen LogP contribution in [-0.4, -0.2) is 30.5 Å². The van der Waals surface area contributed by atoms with Gasteiger partial charge in [0.2, 0.25) is 0 Å². The number of carbonyl (C=O) groups excluding carboxylic acids is 2. The molecule has 0 aliphatic carbocycles. The second-order valence-electron chi connectivity index (χ2n) is 5.88. The fourth-order valence-electron chi connectivity index (χ4n) is 3.40. The number of aromatic amines is 1. The topological polar surface area (TPSA) is 68.4 Å². The molecule has 122 valence electrons. The Morgan fingerprint density at radius 3 is 2.83 bits per heavy atom. The van der Waals surface area contributed by atoms with Crippen LogP contribution < -0.4 is 0 Å². The second-order valence-corrected chi connectivity index (χ2v) is 5.88. The van der Waals surface area contributed by atoms with Gasteiger partial charge in [0.25, 0.3) is 0 Å². The molecule has 5 heteroatoms. The molecule has 1 unspecified atom stereocenters. The highest BCUT2D eigenvalue weighted by Gasteiger charge is 2.44. The average molecular weight is 315 g/mol. The normalized spacial score (nSPS) is 20.6. The van der Waals surface area contributed by atoms with E-state index in [0.717, 1.165) is 22.9 Å². The number of hydrogen-bond acceptors (Lipinski definition) is 4. The first kappa shape index (κ1) is 15.7. The van der Waals surface area contributed by atoms with Crippen LogP contribution in [0.2, 0.25) is 0 Å². The van der Waals surface area contributed by atoms with Crippen molar-refractivity contribution in [3.05, 3.63) is 35.0 Å². The van der Waals surface area contributed by atoms with Gasteiger partial charge in [0.1, 0.15) is 12.2 Å². The highest BCUT2D eigenvalue weighted by molar-refractivity contribution is 6.11. The lowest BCUT2D eigenvalue weighted by molar-refractivity contribution is -0.150. The molecule has 0 radical (unpaired) electrons. The molecule has 2 aromatic rings. The van der Waals surface area contributed by atoms with Gasteiger partial charge in [-0.15, -0.1) is 0 Å². The molecule has 1 aromatic carbocycles. The maximum Gasteiger partial charge on any atom is 0.308 e. The van der Waals surface area contributed by atoms with Gasteiger partial charge in [-0.1, -0.05) is 32.0 Å². The molecule has 0 amide bonds. The van der Waals surface area contributed by atoms with E-state index in [1.807, 2.05) is 25.1 Å². The minimum atomic E-state index is -0.833. The van der Waals surface area contributed by atoms with Gasteiger partial charge in [-0.05, 0) is 18.4 Å². The third-order valence-corrected chi connectivity index (χ3v) is 4.74. The third kappa shape index (κ3) is 2.36. The first-order valence-electron chi connectivity index (χ1n) is 7.94. The maximum absolute atomic E-state index is 12.5. The fourth-order valence-corrected chi connectivity index (χ4v) is 3.40. The summed E-state index contributed by atoms with van der Waals surface area (Å²) in [4.78, 5) is 27.7. The van der Waals surface area contributed by atoms with Crippen molar-refractivity contribution in [1.82, 2.24) is 4.98 Å². The molecule has 0 saturated carbocycles. The van der Waals surface area contributed by atoms with E-state index in [-0.39, 0.29) is 24.8 Å². The standard InChI is InChI=1S/C18H21NO4/c1-4-11-7-6-8-12-15-13(20)10-23-18(5-2,9-14(21)22-3)17(15)19-16(11)12/h6-8,19H,4-5,9-10H2,1-3H3. The summed E-state index contributed by atoms with van der Waals surface area (Å²) in [5, 5.41) is 0.912. The van der Waals surface area contributed by atoms with Gasteiger partial charge in [0.15, 0.2) is 5.78 Å². The molecule has 0 fully saturated rings. The number of carbonyl (C=O) groups is 2. The lowest BCUT2D eigenvalue weighted by Crippen LogP contribution is -2.40. The first-order chi connectivity index (χ1) is 11.1. The molecule has 1 aromatic heterocycles. The molecular formula is C18H21NO4. The Labute approximate surface area is 135 Å². The summed E-state index contributed by atoms with van der Waals surface area (Å²) >= 11 is 0. The van der Waals surface area contributed by atoms with Gasteiger partial charge in [-0.2, -0.15) is 0 Å². The van der Waals surface area contributed by atoms with Crippen molar-refractivity contribution in [2.24, 2.45) is 0 Å². The number of esters is 1. The summed E-state index contributed by atoms with van der Waals surface area (Å²) in [7, 11) is 1.36. The van der Waals surface area contributed by atoms with Crippen LogP contribution in [0.25, 0.3) is 10.9 Å². The molecule has 1 aliphatic rings. The van der Waals surface area contributed by atoms with Crippen LogP contribution in [0.1, 0.15) is 48.3 Å². The van der Waals surface area contributed by atoms with E-state index in [1.165, 1.54) is 7.11 Å². The van der Waals surface area contributed by atoms with E-state index in [0.29, 0.717) is 17.7 Å². The number of rotatable bonds is 4. The molecule has 1 aliphatic heterocycles. The van der Waals surface area contributed by atoms with E-state index in [4.69, 9.17) is 9.47 Å². The number of nitrogens with one attached hydrogen (secondary N) is 1. The summed E-state index contributed by atoms with van der Waals surface area (Å²) in [6.45, 7) is 4.02. The van der Waals surface area contributed by atoms with Crippen molar-refractivity contribution < 1.29 is 19.1 Å². The maximum atomic E-state index is 12.5. The van der Waals surface area contributed by atoms with Crippen molar-refractivity contribution in [1.29, 1.82) is 0 Å². The van der Waals surface area contributed by atoms with E-state index < -0.39 is 5.60 Å².